The van der Waals surface area contributed by atoms with Crippen molar-refractivity contribution in [2.45, 2.75) is 50.5 Å². The molecule has 0 bridgehead atoms. The molecule has 2 amide bonds. The summed E-state index contributed by atoms with van der Waals surface area (Å²) in [5, 5.41) is 5.64. The minimum atomic E-state index is -4.37. The van der Waals surface area contributed by atoms with Gasteiger partial charge >= 0.3 is 12.2 Å². The van der Waals surface area contributed by atoms with Gasteiger partial charge in [0.15, 0.2) is 0 Å². The molecule has 0 aliphatic carbocycles. The number of carbonyl (C=O) groups is 1. The molecule has 1 aromatic rings. The summed E-state index contributed by atoms with van der Waals surface area (Å²) >= 11 is 0. The number of hydrogen-bond donors (Lipinski definition) is 2. The van der Waals surface area contributed by atoms with Crippen LogP contribution in [-0.4, -0.2) is 36.1 Å². The molecule has 0 radical (unpaired) electrons. The fourth-order valence-corrected chi connectivity index (χ4v) is 3.68. The van der Waals surface area contributed by atoms with Gasteiger partial charge in [-0.25, -0.2) is 4.79 Å². The number of alkyl halides is 3. The molecule has 1 aromatic carbocycles. The zero-order chi connectivity index (χ0) is 17.2. The van der Waals surface area contributed by atoms with Crippen LogP contribution in [0.15, 0.2) is 24.3 Å². The number of halogens is 3. The summed E-state index contributed by atoms with van der Waals surface area (Å²) in [6.45, 7) is 2.18. The highest BCUT2D eigenvalue weighted by Crippen LogP contribution is 2.29. The largest absolute Gasteiger partial charge is 0.416 e. The van der Waals surface area contributed by atoms with Gasteiger partial charge in [0.25, 0.3) is 0 Å². The van der Waals surface area contributed by atoms with E-state index in [1.807, 2.05) is 0 Å². The molecule has 0 saturated carbocycles. The molecule has 132 valence electrons. The van der Waals surface area contributed by atoms with Crippen molar-refractivity contribution in [1.29, 1.82) is 0 Å². The lowest BCUT2D eigenvalue weighted by molar-refractivity contribution is -0.137. The standard InChI is InChI=1S/C17H22F3N3O/c18-17(19,20)13-5-3-4-12(10-13)11-21-16(24)22-14-7-9-23-8-2-1-6-15(14)23/h3-5,10,14-15H,1-2,6-9,11H2,(H2,21,22,24). The van der Waals surface area contributed by atoms with Crippen LogP contribution in [0.2, 0.25) is 0 Å². The van der Waals surface area contributed by atoms with Crippen LogP contribution in [-0.2, 0) is 12.7 Å². The Morgan fingerprint density at radius 2 is 2.04 bits per heavy atom. The number of urea groups is 1. The van der Waals surface area contributed by atoms with Crippen molar-refractivity contribution >= 4 is 6.03 Å². The quantitative estimate of drug-likeness (QED) is 0.887. The van der Waals surface area contributed by atoms with Crippen molar-refractivity contribution in [3.05, 3.63) is 35.4 Å². The number of nitrogens with zero attached hydrogens (tertiary/aromatic N) is 1. The van der Waals surface area contributed by atoms with Gasteiger partial charge < -0.3 is 10.6 Å². The molecule has 2 atom stereocenters. The first-order valence-corrected chi connectivity index (χ1v) is 8.38. The molecule has 2 N–H and O–H groups in total. The van der Waals surface area contributed by atoms with Crippen molar-refractivity contribution in [2.75, 3.05) is 13.1 Å². The molecular formula is C17H22F3N3O. The van der Waals surface area contributed by atoms with E-state index in [0.29, 0.717) is 11.6 Å². The van der Waals surface area contributed by atoms with Crippen molar-refractivity contribution in [1.82, 2.24) is 15.5 Å². The summed E-state index contributed by atoms with van der Waals surface area (Å²) in [5.74, 6) is 0. The molecule has 3 rings (SSSR count). The van der Waals surface area contributed by atoms with Gasteiger partial charge in [-0.05, 0) is 43.5 Å². The molecule has 2 aliphatic rings. The zero-order valence-electron chi connectivity index (χ0n) is 13.4. The summed E-state index contributed by atoms with van der Waals surface area (Å²) in [7, 11) is 0. The molecule has 24 heavy (non-hydrogen) atoms. The lowest BCUT2D eigenvalue weighted by atomic mass is 9.99. The predicted octanol–water partition coefficient (Wildman–Crippen LogP) is 3.13. The maximum Gasteiger partial charge on any atom is 0.416 e. The molecular weight excluding hydrogens is 319 g/mol. The Hall–Kier alpha value is -1.76. The lowest BCUT2D eigenvalue weighted by Crippen LogP contribution is -2.49. The highest BCUT2D eigenvalue weighted by Gasteiger charge is 2.36. The van der Waals surface area contributed by atoms with Gasteiger partial charge in [0.05, 0.1) is 5.56 Å². The minimum Gasteiger partial charge on any atom is -0.334 e. The number of nitrogens with one attached hydrogen (secondary N) is 2. The topological polar surface area (TPSA) is 44.4 Å². The minimum absolute atomic E-state index is 0.0802. The van der Waals surface area contributed by atoms with Crippen molar-refractivity contribution in [3.8, 4) is 0 Å². The van der Waals surface area contributed by atoms with Gasteiger partial charge in [-0.3, -0.25) is 4.90 Å². The normalized spacial score (nSPS) is 24.5. The third kappa shape index (κ3) is 4.01. The molecule has 2 saturated heterocycles. The molecule has 0 spiro atoms. The zero-order valence-corrected chi connectivity index (χ0v) is 13.4. The third-order valence-corrected chi connectivity index (χ3v) is 4.88. The van der Waals surface area contributed by atoms with Crippen LogP contribution >= 0.6 is 0 Å². The maximum absolute atomic E-state index is 12.7. The summed E-state index contributed by atoms with van der Waals surface area (Å²) in [6.07, 6.45) is 0.0585. The van der Waals surface area contributed by atoms with E-state index >= 15 is 0 Å². The number of piperidine rings is 1. The number of carbonyl (C=O) groups excluding carboxylic acids is 1. The molecule has 2 heterocycles. The summed E-state index contributed by atoms with van der Waals surface area (Å²) in [6, 6.07) is 5.25. The van der Waals surface area contributed by atoms with E-state index in [1.165, 1.54) is 18.9 Å². The third-order valence-electron chi connectivity index (χ3n) is 4.88. The smallest absolute Gasteiger partial charge is 0.334 e. The van der Waals surface area contributed by atoms with Crippen LogP contribution in [0.3, 0.4) is 0 Å². The predicted molar refractivity (Wildman–Crippen MR) is 84.4 cm³/mol. The summed E-state index contributed by atoms with van der Waals surface area (Å²) < 4.78 is 38.1. The Balaban J connectivity index is 1.51. The average Bonchev–Trinajstić information content (AvgIpc) is 2.96. The van der Waals surface area contributed by atoms with Crippen molar-refractivity contribution in [2.24, 2.45) is 0 Å². The Bertz CT molecular complexity index is 591. The Morgan fingerprint density at radius 1 is 1.21 bits per heavy atom. The van der Waals surface area contributed by atoms with Crippen LogP contribution in [0.5, 0.6) is 0 Å². The van der Waals surface area contributed by atoms with Gasteiger partial charge in [-0.15, -0.1) is 0 Å². The van der Waals surface area contributed by atoms with Gasteiger partial charge in [0, 0.05) is 25.2 Å². The molecule has 0 aromatic heterocycles. The maximum atomic E-state index is 12.7. The fourth-order valence-electron chi connectivity index (χ4n) is 3.68. The Labute approximate surface area is 139 Å². The van der Waals surface area contributed by atoms with Crippen LogP contribution in [0.1, 0.15) is 36.8 Å². The second-order valence-electron chi connectivity index (χ2n) is 6.52. The fraction of sp³-hybridized carbons (Fsp3) is 0.588. The van der Waals surface area contributed by atoms with E-state index in [2.05, 4.69) is 15.5 Å². The number of fused-ring (bicyclic) bond motifs is 1. The van der Waals surface area contributed by atoms with Crippen LogP contribution in [0, 0.1) is 0 Å². The molecule has 2 fully saturated rings. The van der Waals surface area contributed by atoms with E-state index < -0.39 is 11.7 Å². The summed E-state index contributed by atoms with van der Waals surface area (Å²) in [4.78, 5) is 14.5. The van der Waals surface area contributed by atoms with Crippen molar-refractivity contribution < 1.29 is 18.0 Å². The molecule has 2 unspecified atom stereocenters. The first-order chi connectivity index (χ1) is 11.4. The Morgan fingerprint density at radius 3 is 2.83 bits per heavy atom. The molecule has 2 aliphatic heterocycles. The second kappa shape index (κ2) is 7.01. The van der Waals surface area contributed by atoms with E-state index in [0.717, 1.165) is 38.1 Å². The number of amides is 2. The summed E-state index contributed by atoms with van der Waals surface area (Å²) in [5.41, 5.74) is -0.262. The average molecular weight is 341 g/mol. The van der Waals surface area contributed by atoms with E-state index in [-0.39, 0.29) is 18.6 Å². The highest BCUT2D eigenvalue weighted by molar-refractivity contribution is 5.74. The monoisotopic (exact) mass is 341 g/mol. The highest BCUT2D eigenvalue weighted by atomic mass is 19.4. The van der Waals surface area contributed by atoms with Crippen LogP contribution in [0.4, 0.5) is 18.0 Å². The van der Waals surface area contributed by atoms with Crippen LogP contribution < -0.4 is 10.6 Å². The van der Waals surface area contributed by atoms with Crippen molar-refractivity contribution in [3.63, 3.8) is 0 Å². The first-order valence-electron chi connectivity index (χ1n) is 8.38. The number of hydrogen-bond acceptors (Lipinski definition) is 2. The van der Waals surface area contributed by atoms with E-state index in [9.17, 15) is 18.0 Å². The number of benzene rings is 1. The SMILES string of the molecule is O=C(NCc1cccc(C(F)(F)F)c1)NC1CCN2CCCCC12. The van der Waals surface area contributed by atoms with Crippen LogP contribution in [0.25, 0.3) is 0 Å². The van der Waals surface area contributed by atoms with E-state index in [4.69, 9.17) is 0 Å². The lowest BCUT2D eigenvalue weighted by Gasteiger charge is -2.32. The molecule has 7 heteroatoms. The Kier molecular flexibility index (Phi) is 4.99. The van der Waals surface area contributed by atoms with Gasteiger partial charge in [-0.1, -0.05) is 18.6 Å². The van der Waals surface area contributed by atoms with Gasteiger partial charge in [-0.2, -0.15) is 13.2 Å². The second-order valence-corrected chi connectivity index (χ2v) is 6.52. The van der Waals surface area contributed by atoms with E-state index in [1.54, 1.807) is 6.07 Å². The number of rotatable bonds is 3. The first kappa shape index (κ1) is 17.1. The van der Waals surface area contributed by atoms with Gasteiger partial charge in [0.1, 0.15) is 0 Å². The molecule has 4 nitrogen and oxygen atoms in total. The van der Waals surface area contributed by atoms with Gasteiger partial charge in [0.2, 0.25) is 0 Å².